The van der Waals surface area contributed by atoms with Gasteiger partial charge in [0, 0.05) is 11.9 Å². The maximum atomic E-state index is 11.8. The second kappa shape index (κ2) is 5.72. The van der Waals surface area contributed by atoms with Gasteiger partial charge in [-0.05, 0) is 12.1 Å². The van der Waals surface area contributed by atoms with E-state index < -0.39 is 12.0 Å². The minimum absolute atomic E-state index is 0.299. The third-order valence-corrected chi connectivity index (χ3v) is 3.59. The normalized spacial score (nSPS) is 18.7. The molecule has 2 heterocycles. The summed E-state index contributed by atoms with van der Waals surface area (Å²) in [4.78, 5) is 28.2. The van der Waals surface area contributed by atoms with Crippen molar-refractivity contribution >= 4 is 23.8 Å². The summed E-state index contributed by atoms with van der Waals surface area (Å²) in [6.45, 7) is 0.299. The summed E-state index contributed by atoms with van der Waals surface area (Å²) in [7, 11) is 0. The Hall–Kier alpha value is -1.76. The first-order valence-corrected chi connectivity index (χ1v) is 6.59. The fourth-order valence-corrected chi connectivity index (χ4v) is 2.76. The van der Waals surface area contributed by atoms with Gasteiger partial charge in [0.15, 0.2) is 0 Å². The summed E-state index contributed by atoms with van der Waals surface area (Å²) in [5.74, 6) is -0.120. The molecule has 2 rings (SSSR count). The lowest BCUT2D eigenvalue weighted by Gasteiger charge is -2.20. The van der Waals surface area contributed by atoms with Crippen molar-refractivity contribution in [3.05, 3.63) is 30.1 Å². The van der Waals surface area contributed by atoms with Crippen LogP contribution in [0, 0.1) is 0 Å². The number of nitrogens with zero attached hydrogens (tertiary/aromatic N) is 2. The van der Waals surface area contributed by atoms with Gasteiger partial charge < -0.3 is 15.3 Å². The highest BCUT2D eigenvalue weighted by molar-refractivity contribution is 7.99. The van der Waals surface area contributed by atoms with Crippen molar-refractivity contribution in [3.8, 4) is 0 Å². The van der Waals surface area contributed by atoms with Gasteiger partial charge in [-0.15, -0.1) is 11.8 Å². The molecule has 1 atom stereocenters. The van der Waals surface area contributed by atoms with Crippen LogP contribution < -0.4 is 5.32 Å². The van der Waals surface area contributed by atoms with Crippen molar-refractivity contribution in [2.45, 2.75) is 12.6 Å². The Labute approximate surface area is 108 Å². The van der Waals surface area contributed by atoms with Crippen molar-refractivity contribution in [2.75, 3.05) is 11.6 Å². The molecule has 1 aromatic rings. The Morgan fingerprint density at radius 3 is 3.06 bits per heavy atom. The number of hydrogen-bond acceptors (Lipinski definition) is 4. The fraction of sp³-hybridized carbons (Fsp3) is 0.364. The zero-order chi connectivity index (χ0) is 13.0. The Kier molecular flexibility index (Phi) is 4.03. The lowest BCUT2D eigenvalue weighted by Crippen LogP contribution is -2.46. The van der Waals surface area contributed by atoms with E-state index in [1.807, 2.05) is 6.07 Å². The largest absolute Gasteiger partial charge is 0.480 e. The average Bonchev–Trinajstić information content (AvgIpc) is 2.86. The highest BCUT2D eigenvalue weighted by Crippen LogP contribution is 2.20. The van der Waals surface area contributed by atoms with Gasteiger partial charge in [-0.2, -0.15) is 0 Å². The first kappa shape index (κ1) is 12.7. The first-order valence-electron chi connectivity index (χ1n) is 5.43. The van der Waals surface area contributed by atoms with E-state index in [0.29, 0.717) is 18.2 Å². The first-order chi connectivity index (χ1) is 8.68. The number of hydrogen-bond donors (Lipinski definition) is 2. The van der Waals surface area contributed by atoms with Gasteiger partial charge in [0.25, 0.3) is 0 Å². The third kappa shape index (κ3) is 2.92. The highest BCUT2D eigenvalue weighted by Gasteiger charge is 2.34. The predicted molar refractivity (Wildman–Crippen MR) is 67.1 cm³/mol. The molecule has 18 heavy (non-hydrogen) atoms. The summed E-state index contributed by atoms with van der Waals surface area (Å²) in [5.41, 5.74) is 0.740. The van der Waals surface area contributed by atoms with Crippen LogP contribution in [0.25, 0.3) is 0 Å². The molecule has 2 N–H and O–H groups in total. The molecule has 0 spiro atoms. The molecule has 96 valence electrons. The lowest BCUT2D eigenvalue weighted by atomic mass is 10.3. The molecule has 0 radical (unpaired) electrons. The molecule has 0 saturated carbocycles. The van der Waals surface area contributed by atoms with E-state index in [9.17, 15) is 9.59 Å². The van der Waals surface area contributed by atoms with E-state index in [0.717, 1.165) is 5.69 Å². The molecule has 1 aliphatic rings. The van der Waals surface area contributed by atoms with Gasteiger partial charge in [-0.3, -0.25) is 4.98 Å². The predicted octanol–water partition coefficient (Wildman–Crippen LogP) is 0.751. The molecule has 2 amide bonds. The lowest BCUT2D eigenvalue weighted by molar-refractivity contribution is -0.140. The standard InChI is InChI=1S/C11H13N3O3S/c15-10(16)9-6-18-7-14(9)11(17)13-5-8-3-1-2-4-12-8/h1-4,9H,5-7H2,(H,13,17)(H,15,16). The maximum absolute atomic E-state index is 11.8. The van der Waals surface area contributed by atoms with Crippen LogP contribution >= 0.6 is 11.8 Å². The number of rotatable bonds is 3. The van der Waals surface area contributed by atoms with Crippen LogP contribution in [0.15, 0.2) is 24.4 Å². The zero-order valence-corrected chi connectivity index (χ0v) is 10.4. The van der Waals surface area contributed by atoms with Gasteiger partial charge in [0.1, 0.15) is 6.04 Å². The van der Waals surface area contributed by atoms with E-state index in [1.165, 1.54) is 16.7 Å². The van der Waals surface area contributed by atoms with E-state index in [4.69, 9.17) is 5.11 Å². The number of carboxylic acid groups (broad SMARTS) is 1. The number of amides is 2. The molecule has 6 nitrogen and oxygen atoms in total. The second-order valence-electron chi connectivity index (χ2n) is 3.80. The van der Waals surface area contributed by atoms with E-state index in [-0.39, 0.29) is 6.03 Å². The van der Waals surface area contributed by atoms with E-state index in [2.05, 4.69) is 10.3 Å². The van der Waals surface area contributed by atoms with Crippen LogP contribution in [-0.4, -0.2) is 44.7 Å². The molecule has 1 aromatic heterocycles. The van der Waals surface area contributed by atoms with E-state index >= 15 is 0 Å². The molecule has 0 aliphatic carbocycles. The minimum Gasteiger partial charge on any atom is -0.480 e. The number of pyridine rings is 1. The Balaban J connectivity index is 1.90. The molecule has 0 bridgehead atoms. The molecular weight excluding hydrogens is 254 g/mol. The number of nitrogens with one attached hydrogen (secondary N) is 1. The Morgan fingerprint density at radius 1 is 1.56 bits per heavy atom. The third-order valence-electron chi connectivity index (χ3n) is 2.58. The average molecular weight is 267 g/mol. The Bertz CT molecular complexity index is 440. The second-order valence-corrected chi connectivity index (χ2v) is 4.80. The fourth-order valence-electron chi connectivity index (χ4n) is 1.62. The summed E-state index contributed by atoms with van der Waals surface area (Å²) in [6.07, 6.45) is 1.65. The van der Waals surface area contributed by atoms with Gasteiger partial charge >= 0.3 is 12.0 Å². The minimum atomic E-state index is -0.965. The summed E-state index contributed by atoms with van der Waals surface area (Å²) in [6, 6.07) is 4.33. The van der Waals surface area contributed by atoms with Crippen molar-refractivity contribution in [3.63, 3.8) is 0 Å². The highest BCUT2D eigenvalue weighted by atomic mass is 32.2. The van der Waals surface area contributed by atoms with Gasteiger partial charge in [-0.1, -0.05) is 6.07 Å². The number of aromatic nitrogens is 1. The molecule has 0 aromatic carbocycles. The van der Waals surface area contributed by atoms with Gasteiger partial charge in [0.2, 0.25) is 0 Å². The van der Waals surface area contributed by atoms with Crippen LogP contribution in [0.2, 0.25) is 0 Å². The molecule has 1 aliphatic heterocycles. The number of aliphatic carboxylic acids is 1. The van der Waals surface area contributed by atoms with E-state index in [1.54, 1.807) is 18.3 Å². The number of carbonyl (C=O) groups is 2. The monoisotopic (exact) mass is 267 g/mol. The van der Waals surface area contributed by atoms with Crippen molar-refractivity contribution in [1.29, 1.82) is 0 Å². The molecule has 1 fully saturated rings. The number of urea groups is 1. The zero-order valence-electron chi connectivity index (χ0n) is 9.57. The van der Waals surface area contributed by atoms with Crippen LogP contribution in [0.4, 0.5) is 4.79 Å². The number of carbonyl (C=O) groups excluding carboxylic acids is 1. The van der Waals surface area contributed by atoms with Crippen molar-refractivity contribution < 1.29 is 14.7 Å². The maximum Gasteiger partial charge on any atom is 0.327 e. The summed E-state index contributed by atoms with van der Waals surface area (Å²) in [5, 5.41) is 11.6. The molecular formula is C11H13N3O3S. The van der Waals surface area contributed by atoms with Crippen molar-refractivity contribution in [2.24, 2.45) is 0 Å². The topological polar surface area (TPSA) is 82.5 Å². The van der Waals surface area contributed by atoms with Crippen molar-refractivity contribution in [1.82, 2.24) is 15.2 Å². The number of carboxylic acids is 1. The molecule has 1 unspecified atom stereocenters. The van der Waals surface area contributed by atoms with Crippen LogP contribution in [0.5, 0.6) is 0 Å². The SMILES string of the molecule is O=C(O)C1CSCN1C(=O)NCc1ccccn1. The molecule has 7 heteroatoms. The summed E-state index contributed by atoms with van der Waals surface area (Å²) >= 11 is 1.44. The quantitative estimate of drug-likeness (QED) is 0.844. The molecule has 1 saturated heterocycles. The number of thioether (sulfide) groups is 1. The van der Waals surface area contributed by atoms with Crippen LogP contribution in [0.3, 0.4) is 0 Å². The summed E-state index contributed by atoms with van der Waals surface area (Å²) < 4.78 is 0. The van der Waals surface area contributed by atoms with Gasteiger partial charge in [0.05, 0.1) is 18.1 Å². The van der Waals surface area contributed by atoms with Crippen LogP contribution in [0.1, 0.15) is 5.69 Å². The Morgan fingerprint density at radius 2 is 2.39 bits per heavy atom. The van der Waals surface area contributed by atoms with Crippen LogP contribution in [-0.2, 0) is 11.3 Å². The smallest absolute Gasteiger partial charge is 0.327 e. The van der Waals surface area contributed by atoms with Gasteiger partial charge in [-0.25, -0.2) is 9.59 Å².